The number of benzene rings is 8. The number of allylic oxidation sites excluding steroid dienone is 10. The summed E-state index contributed by atoms with van der Waals surface area (Å²) in [6, 6.07) is 74.9. The fraction of sp³-hybridized carbons (Fsp3) is 0.108. The summed E-state index contributed by atoms with van der Waals surface area (Å²) in [7, 11) is 0. The van der Waals surface area contributed by atoms with Gasteiger partial charge in [0.2, 0.25) is 0 Å². The van der Waals surface area contributed by atoms with E-state index < -0.39 is 5.41 Å². The van der Waals surface area contributed by atoms with Crippen molar-refractivity contribution in [3.63, 3.8) is 0 Å². The van der Waals surface area contributed by atoms with Crippen LogP contribution in [0.4, 0.5) is 17.1 Å². The van der Waals surface area contributed by atoms with Crippen LogP contribution in [0, 0.1) is 5.92 Å². The first-order valence-electron chi connectivity index (χ1n) is 23.7. The predicted molar refractivity (Wildman–Crippen MR) is 278 cm³/mol. The smallest absolute Gasteiger partial charge is 0.0714 e. The van der Waals surface area contributed by atoms with Gasteiger partial charge in [-0.05, 0) is 147 Å². The molecule has 0 N–H and O–H groups in total. The number of rotatable bonds is 9. The fourth-order valence-corrected chi connectivity index (χ4v) is 11.3. The topological polar surface area (TPSA) is 3.24 Å². The Morgan fingerprint density at radius 1 is 0.424 bits per heavy atom. The number of nitrogens with zero attached hydrogens (tertiary/aromatic N) is 1. The van der Waals surface area contributed by atoms with Crippen molar-refractivity contribution in [3.8, 4) is 33.4 Å². The molecule has 4 aliphatic carbocycles. The lowest BCUT2D eigenvalue weighted by molar-refractivity contribution is 0.693. The van der Waals surface area contributed by atoms with Crippen LogP contribution in [0.15, 0.2) is 248 Å². The second-order valence-electron chi connectivity index (χ2n) is 18.2. The van der Waals surface area contributed by atoms with Crippen LogP contribution >= 0.6 is 0 Å². The van der Waals surface area contributed by atoms with Crippen LogP contribution in [0.2, 0.25) is 0 Å². The molecule has 0 amide bonds. The van der Waals surface area contributed by atoms with Crippen LogP contribution in [-0.4, -0.2) is 0 Å². The molecule has 0 fully saturated rings. The minimum Gasteiger partial charge on any atom is -0.310 e. The van der Waals surface area contributed by atoms with E-state index in [-0.39, 0.29) is 0 Å². The summed E-state index contributed by atoms with van der Waals surface area (Å²) in [5.74, 6) is 0.524. The zero-order chi connectivity index (χ0) is 43.9. The van der Waals surface area contributed by atoms with E-state index in [1.807, 2.05) is 0 Å². The quantitative estimate of drug-likeness (QED) is 0.131. The highest BCUT2D eigenvalue weighted by Crippen LogP contribution is 2.59. The second-order valence-corrected chi connectivity index (χ2v) is 18.2. The Morgan fingerprint density at radius 3 is 1.83 bits per heavy atom. The molecule has 316 valence electrons. The molecule has 1 heteroatoms. The summed E-state index contributed by atoms with van der Waals surface area (Å²) in [6.45, 7) is 0. The first-order chi connectivity index (χ1) is 32.7. The maximum atomic E-state index is 2.53. The average molecular weight is 846 g/mol. The third-order valence-corrected chi connectivity index (χ3v) is 14.4. The van der Waals surface area contributed by atoms with Crippen molar-refractivity contribution < 1.29 is 0 Å². The van der Waals surface area contributed by atoms with Crippen LogP contribution in [0.25, 0.3) is 44.5 Å². The highest BCUT2D eigenvalue weighted by atomic mass is 15.1. The van der Waals surface area contributed by atoms with E-state index in [4.69, 9.17) is 0 Å². The van der Waals surface area contributed by atoms with Crippen molar-refractivity contribution in [2.75, 3.05) is 4.90 Å². The Balaban J connectivity index is 1.06. The first kappa shape index (κ1) is 39.8. The van der Waals surface area contributed by atoms with Gasteiger partial charge in [-0.3, -0.25) is 0 Å². The maximum Gasteiger partial charge on any atom is 0.0714 e. The Morgan fingerprint density at radius 2 is 1.06 bits per heavy atom. The molecule has 8 aromatic carbocycles. The predicted octanol–water partition coefficient (Wildman–Crippen LogP) is 17.3. The van der Waals surface area contributed by atoms with Crippen molar-refractivity contribution in [2.45, 2.75) is 37.5 Å². The van der Waals surface area contributed by atoms with E-state index >= 15 is 0 Å². The molecule has 0 saturated carbocycles. The number of hydrogen-bond donors (Lipinski definition) is 0. The van der Waals surface area contributed by atoms with E-state index in [1.54, 1.807) is 5.57 Å². The molecule has 0 heterocycles. The number of fused-ring (bicyclic) bond motifs is 4. The Hall–Kier alpha value is -7.74. The Labute approximate surface area is 389 Å². The summed E-state index contributed by atoms with van der Waals surface area (Å²) in [5.41, 5.74) is 22.3. The molecule has 1 unspecified atom stereocenters. The minimum absolute atomic E-state index is 0.514. The lowest BCUT2D eigenvalue weighted by Gasteiger charge is -2.34. The Kier molecular flexibility index (Phi) is 10.3. The van der Waals surface area contributed by atoms with Gasteiger partial charge >= 0.3 is 0 Å². The molecule has 66 heavy (non-hydrogen) atoms. The van der Waals surface area contributed by atoms with Gasteiger partial charge < -0.3 is 4.90 Å². The lowest BCUT2D eigenvalue weighted by Crippen LogP contribution is -2.28. The molecular formula is C65H51N. The molecule has 0 aromatic heterocycles. The summed E-state index contributed by atoms with van der Waals surface area (Å²) >= 11 is 0. The minimum atomic E-state index is -0.514. The van der Waals surface area contributed by atoms with Gasteiger partial charge in [0.25, 0.3) is 0 Å². The van der Waals surface area contributed by atoms with Crippen molar-refractivity contribution >= 4 is 28.2 Å². The highest BCUT2D eigenvalue weighted by Gasteiger charge is 2.47. The second kappa shape index (κ2) is 17.0. The summed E-state index contributed by atoms with van der Waals surface area (Å²) in [6.07, 6.45) is 21.8. The van der Waals surface area contributed by atoms with Crippen LogP contribution in [0.5, 0.6) is 0 Å². The molecule has 0 radical (unpaired) electrons. The molecule has 0 aliphatic heterocycles. The van der Waals surface area contributed by atoms with Gasteiger partial charge in [0.15, 0.2) is 0 Å². The monoisotopic (exact) mass is 845 g/mol. The van der Waals surface area contributed by atoms with Crippen molar-refractivity contribution in [1.29, 1.82) is 0 Å². The van der Waals surface area contributed by atoms with Gasteiger partial charge in [-0.2, -0.15) is 0 Å². The summed E-state index contributed by atoms with van der Waals surface area (Å²) in [4.78, 5) is 2.53. The number of anilines is 3. The van der Waals surface area contributed by atoms with Crippen molar-refractivity contribution in [1.82, 2.24) is 0 Å². The highest BCUT2D eigenvalue weighted by molar-refractivity contribution is 5.98. The summed E-state index contributed by atoms with van der Waals surface area (Å²) < 4.78 is 0. The van der Waals surface area contributed by atoms with E-state index in [0.717, 1.165) is 42.7 Å². The zero-order valence-electron chi connectivity index (χ0n) is 37.2. The molecule has 0 saturated heterocycles. The summed E-state index contributed by atoms with van der Waals surface area (Å²) in [5, 5.41) is 0. The third-order valence-electron chi connectivity index (χ3n) is 14.4. The largest absolute Gasteiger partial charge is 0.310 e. The SMILES string of the molecule is C1=CCCC(c2cc(-c3ccccc3)cc(N(c3ccc(-c4cccc(C5=CC=C6CCC=CC6C5)c4)cc3)c3cccc4c3-c3ccccc3C4(c3ccccc3)c3ccccc3)c2)=C1. The molecule has 0 spiro atoms. The molecule has 0 bridgehead atoms. The zero-order valence-corrected chi connectivity index (χ0v) is 37.2. The molecule has 8 aromatic rings. The van der Waals surface area contributed by atoms with Gasteiger partial charge in [0.1, 0.15) is 0 Å². The lowest BCUT2D eigenvalue weighted by atomic mass is 9.68. The van der Waals surface area contributed by atoms with E-state index in [0.29, 0.717) is 5.92 Å². The molecule has 1 atom stereocenters. The van der Waals surface area contributed by atoms with Gasteiger partial charge in [0, 0.05) is 22.9 Å². The fourth-order valence-electron chi connectivity index (χ4n) is 11.3. The third kappa shape index (κ3) is 6.95. The van der Waals surface area contributed by atoms with Crippen molar-refractivity contribution in [2.24, 2.45) is 5.92 Å². The van der Waals surface area contributed by atoms with Gasteiger partial charge in [-0.25, -0.2) is 0 Å². The van der Waals surface area contributed by atoms with Crippen molar-refractivity contribution in [3.05, 3.63) is 282 Å². The van der Waals surface area contributed by atoms with Gasteiger partial charge in [-0.15, -0.1) is 0 Å². The van der Waals surface area contributed by atoms with E-state index in [2.05, 4.69) is 248 Å². The number of hydrogen-bond acceptors (Lipinski definition) is 1. The normalized spacial score (nSPS) is 16.6. The standard InChI is InChI=1S/C65H51N/c1-5-19-46(20-6-1)54-43-55(47-21-7-2-8-22-47)45-59(44-54)66(58-39-37-49(38-40-58)51-25-17-26-52(41-51)53-36-35-48-23-13-14-24-50(48)42-53)63-34-18-33-62-64(63)60-31-15-16-32-61(60)65(62,56-27-9-3-10-28-56)57-29-11-4-12-30-57/h1-7,9-12,14-21,24-41,43-45,50H,8,13,22-23,42H2. The van der Waals surface area contributed by atoms with E-state index in [1.165, 1.54) is 84.3 Å². The average Bonchev–Trinajstić information content (AvgIpc) is 3.71. The van der Waals surface area contributed by atoms with Crippen LogP contribution in [0.3, 0.4) is 0 Å². The van der Waals surface area contributed by atoms with Gasteiger partial charge in [0.05, 0.1) is 11.1 Å². The molecule has 12 rings (SSSR count). The maximum absolute atomic E-state index is 2.53. The van der Waals surface area contributed by atoms with Gasteiger partial charge in [-0.1, -0.05) is 206 Å². The van der Waals surface area contributed by atoms with Crippen LogP contribution in [0.1, 0.15) is 65.5 Å². The first-order valence-corrected chi connectivity index (χ1v) is 23.7. The van der Waals surface area contributed by atoms with E-state index in [9.17, 15) is 0 Å². The molecule has 4 aliphatic rings. The van der Waals surface area contributed by atoms with Crippen LogP contribution in [-0.2, 0) is 5.41 Å². The molecule has 1 nitrogen and oxygen atoms in total. The molecular weight excluding hydrogens is 795 g/mol. The van der Waals surface area contributed by atoms with Crippen LogP contribution < -0.4 is 4.90 Å². The Bertz CT molecular complexity index is 3210.